The minimum absolute atomic E-state index is 0.169. The average molecular weight is 444 g/mol. The maximum atomic E-state index is 12.6. The third kappa shape index (κ3) is 5.04. The summed E-state index contributed by atoms with van der Waals surface area (Å²) < 4.78 is 10.6. The first-order chi connectivity index (χ1) is 13.1. The number of halogens is 2. The summed E-state index contributed by atoms with van der Waals surface area (Å²) in [6.07, 6.45) is -0.920. The van der Waals surface area contributed by atoms with Gasteiger partial charge in [0.2, 0.25) is 0 Å². The number of ketones is 1. The Balaban J connectivity index is 2.25. The molecular formula is C19H19Cl2NO5S. The van der Waals surface area contributed by atoms with Gasteiger partial charge in [-0.1, -0.05) is 23.2 Å². The summed E-state index contributed by atoms with van der Waals surface area (Å²) in [4.78, 5) is 37.1. The Bertz CT molecular complexity index is 925. The zero-order chi connectivity index (χ0) is 21.0. The van der Waals surface area contributed by atoms with Gasteiger partial charge in [-0.25, -0.2) is 4.79 Å². The fourth-order valence-corrected chi connectivity index (χ4v) is 3.96. The molecule has 1 amide bonds. The molecule has 0 aliphatic heterocycles. The number of nitrogens with one attached hydrogen (secondary N) is 1. The van der Waals surface area contributed by atoms with Crippen molar-refractivity contribution in [3.05, 3.63) is 44.2 Å². The maximum Gasteiger partial charge on any atom is 0.341 e. The van der Waals surface area contributed by atoms with Crippen molar-refractivity contribution in [2.45, 2.75) is 33.8 Å². The number of benzene rings is 1. The number of anilines is 1. The van der Waals surface area contributed by atoms with Crippen molar-refractivity contribution in [1.82, 2.24) is 0 Å². The monoisotopic (exact) mass is 443 g/mol. The normalized spacial score (nSPS) is 11.6. The molecule has 6 nitrogen and oxygen atoms in total. The van der Waals surface area contributed by atoms with Gasteiger partial charge in [-0.3, -0.25) is 9.59 Å². The van der Waals surface area contributed by atoms with E-state index in [1.54, 1.807) is 26.0 Å². The van der Waals surface area contributed by atoms with Crippen LogP contribution in [-0.2, 0) is 9.53 Å². The van der Waals surface area contributed by atoms with E-state index in [1.807, 2.05) is 0 Å². The Hall–Kier alpha value is -2.09. The smallest absolute Gasteiger partial charge is 0.341 e. The van der Waals surface area contributed by atoms with Crippen LogP contribution in [0.3, 0.4) is 0 Å². The first-order valence-corrected chi connectivity index (χ1v) is 9.96. The Morgan fingerprint density at radius 2 is 1.93 bits per heavy atom. The van der Waals surface area contributed by atoms with Crippen molar-refractivity contribution in [3.8, 4) is 5.75 Å². The quantitative estimate of drug-likeness (QED) is 0.472. The zero-order valence-electron chi connectivity index (χ0n) is 15.7. The van der Waals surface area contributed by atoms with Crippen molar-refractivity contribution in [2.75, 3.05) is 11.9 Å². The van der Waals surface area contributed by atoms with Gasteiger partial charge in [0, 0.05) is 5.02 Å². The van der Waals surface area contributed by atoms with E-state index in [0.717, 1.165) is 11.3 Å². The molecule has 2 aromatic rings. The topological polar surface area (TPSA) is 81.7 Å². The van der Waals surface area contributed by atoms with Crippen molar-refractivity contribution in [2.24, 2.45) is 0 Å². The molecular weight excluding hydrogens is 425 g/mol. The highest BCUT2D eigenvalue weighted by Crippen LogP contribution is 2.34. The Labute approximate surface area is 176 Å². The maximum absolute atomic E-state index is 12.6. The molecule has 1 unspecified atom stereocenters. The van der Waals surface area contributed by atoms with Crippen LogP contribution in [0.1, 0.15) is 46.4 Å². The largest absolute Gasteiger partial charge is 0.479 e. The lowest BCUT2D eigenvalue weighted by atomic mass is 10.1. The summed E-state index contributed by atoms with van der Waals surface area (Å²) in [5.41, 5.74) is 0.641. The van der Waals surface area contributed by atoms with E-state index in [1.165, 1.54) is 19.9 Å². The minimum Gasteiger partial charge on any atom is -0.479 e. The van der Waals surface area contributed by atoms with Gasteiger partial charge < -0.3 is 14.8 Å². The van der Waals surface area contributed by atoms with Crippen molar-refractivity contribution >= 4 is 57.2 Å². The number of esters is 1. The highest BCUT2D eigenvalue weighted by atomic mass is 35.5. The molecule has 0 aliphatic rings. The van der Waals surface area contributed by atoms with Gasteiger partial charge in [-0.15, -0.1) is 11.3 Å². The molecule has 0 saturated carbocycles. The van der Waals surface area contributed by atoms with Gasteiger partial charge in [-0.05, 0) is 51.5 Å². The van der Waals surface area contributed by atoms with Crippen LogP contribution < -0.4 is 10.1 Å². The minimum atomic E-state index is -0.920. The second-order valence-corrected chi connectivity index (χ2v) is 7.73. The molecule has 0 fully saturated rings. The molecule has 1 N–H and O–H groups in total. The van der Waals surface area contributed by atoms with E-state index >= 15 is 0 Å². The Morgan fingerprint density at radius 1 is 1.25 bits per heavy atom. The average Bonchev–Trinajstić information content (AvgIpc) is 2.93. The summed E-state index contributed by atoms with van der Waals surface area (Å²) in [7, 11) is 0. The van der Waals surface area contributed by atoms with Crippen LogP contribution in [0.5, 0.6) is 5.75 Å². The molecule has 28 heavy (non-hydrogen) atoms. The molecule has 0 spiro atoms. The van der Waals surface area contributed by atoms with Crippen LogP contribution in [0.4, 0.5) is 5.00 Å². The lowest BCUT2D eigenvalue weighted by molar-refractivity contribution is -0.122. The van der Waals surface area contributed by atoms with E-state index < -0.39 is 18.0 Å². The van der Waals surface area contributed by atoms with Gasteiger partial charge >= 0.3 is 5.97 Å². The summed E-state index contributed by atoms with van der Waals surface area (Å²) >= 11 is 12.9. The van der Waals surface area contributed by atoms with E-state index in [0.29, 0.717) is 21.2 Å². The summed E-state index contributed by atoms with van der Waals surface area (Å²) in [5.74, 6) is -1.02. The third-order valence-corrected chi connectivity index (χ3v) is 5.59. The number of rotatable bonds is 7. The Morgan fingerprint density at radius 3 is 2.50 bits per heavy atom. The SMILES string of the molecule is CCOC(=O)c1c(NC(=O)C(C)Oc2ccc(Cl)cc2Cl)sc(C(C)=O)c1C. The van der Waals surface area contributed by atoms with E-state index in [-0.39, 0.29) is 28.0 Å². The summed E-state index contributed by atoms with van der Waals surface area (Å²) in [6.45, 7) is 6.42. The molecule has 1 aromatic carbocycles. The second-order valence-electron chi connectivity index (χ2n) is 5.86. The molecule has 2 rings (SSSR count). The van der Waals surface area contributed by atoms with Crippen LogP contribution in [-0.4, -0.2) is 30.4 Å². The summed E-state index contributed by atoms with van der Waals surface area (Å²) in [6, 6.07) is 4.65. The van der Waals surface area contributed by atoms with E-state index in [4.69, 9.17) is 32.7 Å². The zero-order valence-corrected chi connectivity index (χ0v) is 18.1. The highest BCUT2D eigenvalue weighted by molar-refractivity contribution is 7.18. The van der Waals surface area contributed by atoms with Gasteiger partial charge in [-0.2, -0.15) is 0 Å². The van der Waals surface area contributed by atoms with Gasteiger partial charge in [0.25, 0.3) is 5.91 Å². The van der Waals surface area contributed by atoms with Gasteiger partial charge in [0.1, 0.15) is 10.8 Å². The van der Waals surface area contributed by atoms with Crippen LogP contribution in [0.15, 0.2) is 18.2 Å². The number of carbonyl (C=O) groups is 3. The molecule has 1 aromatic heterocycles. The fraction of sp³-hybridized carbons (Fsp3) is 0.316. The van der Waals surface area contributed by atoms with Crippen LogP contribution >= 0.6 is 34.5 Å². The predicted molar refractivity (Wildman–Crippen MR) is 110 cm³/mol. The number of hydrogen-bond donors (Lipinski definition) is 1. The van der Waals surface area contributed by atoms with E-state index in [9.17, 15) is 14.4 Å². The van der Waals surface area contributed by atoms with Crippen LogP contribution in [0.2, 0.25) is 10.0 Å². The first kappa shape index (κ1) is 22.2. The standard InChI is InChI=1S/C19H19Cl2NO5S/c1-5-26-19(25)15-9(2)16(10(3)23)28-18(15)22-17(24)11(4)27-14-7-6-12(20)8-13(14)21/h6-8,11H,5H2,1-4H3,(H,22,24). The van der Waals surface area contributed by atoms with Crippen molar-refractivity contribution in [1.29, 1.82) is 0 Å². The number of Topliss-reactive ketones (excluding diaryl/α,β-unsaturated/α-hetero) is 1. The number of carbonyl (C=O) groups excluding carboxylic acids is 3. The molecule has 150 valence electrons. The molecule has 0 aliphatic carbocycles. The number of thiophene rings is 1. The molecule has 1 heterocycles. The third-order valence-electron chi connectivity index (χ3n) is 3.75. The number of amides is 1. The molecule has 0 radical (unpaired) electrons. The number of ether oxygens (including phenoxy) is 2. The highest BCUT2D eigenvalue weighted by Gasteiger charge is 2.27. The Kier molecular flexibility index (Phi) is 7.46. The van der Waals surface area contributed by atoms with Crippen LogP contribution in [0, 0.1) is 6.92 Å². The van der Waals surface area contributed by atoms with Crippen molar-refractivity contribution < 1.29 is 23.9 Å². The second kappa shape index (κ2) is 9.41. The lowest BCUT2D eigenvalue weighted by Crippen LogP contribution is -2.30. The first-order valence-electron chi connectivity index (χ1n) is 8.39. The van der Waals surface area contributed by atoms with Gasteiger partial charge in [0.15, 0.2) is 11.9 Å². The molecule has 0 bridgehead atoms. The number of hydrogen-bond acceptors (Lipinski definition) is 6. The van der Waals surface area contributed by atoms with Crippen LogP contribution in [0.25, 0.3) is 0 Å². The molecule has 0 saturated heterocycles. The van der Waals surface area contributed by atoms with E-state index in [2.05, 4.69) is 5.32 Å². The van der Waals surface area contributed by atoms with Crippen molar-refractivity contribution in [3.63, 3.8) is 0 Å². The molecule has 1 atom stereocenters. The fourth-order valence-electron chi connectivity index (χ4n) is 2.41. The lowest BCUT2D eigenvalue weighted by Gasteiger charge is -2.15. The van der Waals surface area contributed by atoms with Gasteiger partial charge in [0.05, 0.1) is 22.1 Å². The molecule has 9 heteroatoms. The predicted octanol–water partition coefficient (Wildman–Crippen LogP) is 5.15. The summed E-state index contributed by atoms with van der Waals surface area (Å²) in [5, 5.41) is 3.60.